The van der Waals surface area contributed by atoms with Gasteiger partial charge in [0, 0.05) is 30.3 Å². The molecule has 5 N–H and O–H groups in total. The van der Waals surface area contributed by atoms with Gasteiger partial charge in [0.15, 0.2) is 0 Å². The standard InChI is InChI=1S/C18H29N3O3/c1-11-7-13(8-12(2)24-11)15(18(20)23)10-17(22)16(19)9-14-5-3-4-6-21-14/h3-6,11-13,15-17,22H,7-10,19H2,1-2H3,(H2,20,23). The smallest absolute Gasteiger partial charge is 0.220 e. The predicted molar refractivity (Wildman–Crippen MR) is 92.0 cm³/mol. The second-order valence-electron chi connectivity index (χ2n) is 6.99. The van der Waals surface area contributed by atoms with Crippen LogP contribution < -0.4 is 11.5 Å². The third-order valence-corrected chi connectivity index (χ3v) is 4.83. The molecule has 6 nitrogen and oxygen atoms in total. The van der Waals surface area contributed by atoms with Gasteiger partial charge in [-0.1, -0.05) is 6.07 Å². The van der Waals surface area contributed by atoms with Crippen LogP contribution in [0.25, 0.3) is 0 Å². The van der Waals surface area contributed by atoms with Crippen LogP contribution in [0.5, 0.6) is 0 Å². The molecule has 0 spiro atoms. The number of rotatable bonds is 7. The molecular weight excluding hydrogens is 306 g/mol. The first-order valence-electron chi connectivity index (χ1n) is 8.65. The van der Waals surface area contributed by atoms with Gasteiger partial charge in [0.25, 0.3) is 0 Å². The summed E-state index contributed by atoms with van der Waals surface area (Å²) in [6, 6.07) is 5.12. The maximum Gasteiger partial charge on any atom is 0.220 e. The molecule has 0 radical (unpaired) electrons. The van der Waals surface area contributed by atoms with E-state index in [0.717, 1.165) is 18.5 Å². The van der Waals surface area contributed by atoms with E-state index in [1.165, 1.54) is 0 Å². The number of carbonyl (C=O) groups excluding carboxylic acids is 1. The fourth-order valence-corrected chi connectivity index (χ4v) is 3.66. The largest absolute Gasteiger partial charge is 0.391 e. The number of pyridine rings is 1. The zero-order chi connectivity index (χ0) is 17.7. The van der Waals surface area contributed by atoms with Gasteiger partial charge in [-0.05, 0) is 51.2 Å². The number of primary amides is 1. The van der Waals surface area contributed by atoms with E-state index in [0.29, 0.717) is 6.42 Å². The zero-order valence-corrected chi connectivity index (χ0v) is 14.5. The summed E-state index contributed by atoms with van der Waals surface area (Å²) in [5.41, 5.74) is 12.6. The van der Waals surface area contributed by atoms with Crippen molar-refractivity contribution in [3.63, 3.8) is 0 Å². The first kappa shape index (κ1) is 18.8. The normalized spacial score (nSPS) is 28.1. The first-order chi connectivity index (χ1) is 11.4. The van der Waals surface area contributed by atoms with Crippen LogP contribution in [0.4, 0.5) is 0 Å². The van der Waals surface area contributed by atoms with E-state index in [-0.39, 0.29) is 36.4 Å². The van der Waals surface area contributed by atoms with Crippen LogP contribution in [0.1, 0.15) is 38.8 Å². The molecule has 1 fully saturated rings. The summed E-state index contributed by atoms with van der Waals surface area (Å²) in [7, 11) is 0. The van der Waals surface area contributed by atoms with Crippen LogP contribution in [0.3, 0.4) is 0 Å². The van der Waals surface area contributed by atoms with Crippen LogP contribution in [-0.4, -0.2) is 40.4 Å². The van der Waals surface area contributed by atoms with E-state index in [2.05, 4.69) is 4.98 Å². The molecule has 0 aliphatic carbocycles. The van der Waals surface area contributed by atoms with Crippen molar-refractivity contribution in [2.24, 2.45) is 23.3 Å². The van der Waals surface area contributed by atoms with Crippen LogP contribution in [0.15, 0.2) is 24.4 Å². The molecule has 2 heterocycles. The lowest BCUT2D eigenvalue weighted by molar-refractivity contribution is -0.129. The third-order valence-electron chi connectivity index (χ3n) is 4.83. The van der Waals surface area contributed by atoms with E-state index >= 15 is 0 Å². The minimum atomic E-state index is -0.794. The van der Waals surface area contributed by atoms with E-state index in [1.807, 2.05) is 32.0 Å². The van der Waals surface area contributed by atoms with Gasteiger partial charge >= 0.3 is 0 Å². The van der Waals surface area contributed by atoms with E-state index in [1.54, 1.807) is 6.20 Å². The summed E-state index contributed by atoms with van der Waals surface area (Å²) in [6.45, 7) is 4.01. The lowest BCUT2D eigenvalue weighted by Gasteiger charge is -2.36. The molecule has 0 bridgehead atoms. The quantitative estimate of drug-likeness (QED) is 0.688. The monoisotopic (exact) mass is 335 g/mol. The molecule has 5 unspecified atom stereocenters. The van der Waals surface area contributed by atoms with Crippen molar-refractivity contribution in [3.8, 4) is 0 Å². The fraction of sp³-hybridized carbons (Fsp3) is 0.667. The van der Waals surface area contributed by atoms with E-state index < -0.39 is 12.1 Å². The Morgan fingerprint density at radius 3 is 2.58 bits per heavy atom. The van der Waals surface area contributed by atoms with E-state index in [9.17, 15) is 9.90 Å². The van der Waals surface area contributed by atoms with Gasteiger partial charge in [0.2, 0.25) is 5.91 Å². The van der Waals surface area contributed by atoms with Crippen LogP contribution in [-0.2, 0) is 16.0 Å². The summed E-state index contributed by atoms with van der Waals surface area (Å²) >= 11 is 0. The molecule has 1 amide bonds. The molecule has 6 heteroatoms. The minimum absolute atomic E-state index is 0.0972. The van der Waals surface area contributed by atoms with E-state index in [4.69, 9.17) is 16.2 Å². The highest BCUT2D eigenvalue weighted by atomic mass is 16.5. The summed E-state index contributed by atoms with van der Waals surface area (Å²) in [5.74, 6) is -0.632. The molecule has 134 valence electrons. The molecular formula is C18H29N3O3. The van der Waals surface area contributed by atoms with Crippen molar-refractivity contribution >= 4 is 5.91 Å². The Morgan fingerprint density at radius 2 is 2.04 bits per heavy atom. The van der Waals surface area contributed by atoms with Gasteiger partial charge in [-0.15, -0.1) is 0 Å². The van der Waals surface area contributed by atoms with Crippen molar-refractivity contribution in [2.45, 2.75) is 63.9 Å². The summed E-state index contributed by atoms with van der Waals surface area (Å²) in [4.78, 5) is 16.2. The van der Waals surface area contributed by atoms with Crippen LogP contribution in [0, 0.1) is 11.8 Å². The van der Waals surface area contributed by atoms with Gasteiger partial charge in [-0.2, -0.15) is 0 Å². The molecule has 1 saturated heterocycles. The molecule has 1 aliphatic rings. The maximum atomic E-state index is 11.9. The Morgan fingerprint density at radius 1 is 1.38 bits per heavy atom. The minimum Gasteiger partial charge on any atom is -0.391 e. The van der Waals surface area contributed by atoms with Gasteiger partial charge in [-0.3, -0.25) is 9.78 Å². The van der Waals surface area contributed by atoms with Crippen molar-refractivity contribution < 1.29 is 14.6 Å². The Labute approximate surface area is 143 Å². The number of aliphatic hydroxyl groups is 1. The molecule has 1 aromatic heterocycles. The number of hydrogen-bond donors (Lipinski definition) is 3. The number of nitrogens with two attached hydrogens (primary N) is 2. The van der Waals surface area contributed by atoms with Gasteiger partial charge in [0.1, 0.15) is 0 Å². The number of aliphatic hydroxyl groups excluding tert-OH is 1. The molecule has 24 heavy (non-hydrogen) atoms. The molecule has 2 rings (SSSR count). The molecule has 5 atom stereocenters. The Bertz CT molecular complexity index is 516. The topological polar surface area (TPSA) is 111 Å². The highest BCUT2D eigenvalue weighted by Gasteiger charge is 2.35. The van der Waals surface area contributed by atoms with Crippen molar-refractivity contribution in [2.75, 3.05) is 0 Å². The Balaban J connectivity index is 1.97. The molecule has 0 aromatic carbocycles. The predicted octanol–water partition coefficient (Wildman–Crippen LogP) is 1.01. The fourth-order valence-electron chi connectivity index (χ4n) is 3.66. The Hall–Kier alpha value is -1.50. The average Bonchev–Trinajstić information content (AvgIpc) is 2.51. The van der Waals surface area contributed by atoms with Crippen LogP contribution >= 0.6 is 0 Å². The lowest BCUT2D eigenvalue weighted by atomic mass is 9.78. The highest BCUT2D eigenvalue weighted by molar-refractivity contribution is 5.77. The molecule has 1 aliphatic heterocycles. The van der Waals surface area contributed by atoms with Gasteiger partial charge < -0.3 is 21.3 Å². The number of amides is 1. The molecule has 1 aromatic rings. The van der Waals surface area contributed by atoms with Crippen molar-refractivity contribution in [1.82, 2.24) is 4.98 Å². The van der Waals surface area contributed by atoms with Gasteiger partial charge in [0.05, 0.1) is 18.3 Å². The average molecular weight is 335 g/mol. The summed E-state index contributed by atoms with van der Waals surface area (Å²) < 4.78 is 5.73. The second-order valence-corrected chi connectivity index (χ2v) is 6.99. The third kappa shape index (κ3) is 5.26. The number of hydrogen-bond acceptors (Lipinski definition) is 5. The number of aromatic nitrogens is 1. The lowest BCUT2D eigenvalue weighted by Crippen LogP contribution is -2.44. The SMILES string of the molecule is CC1CC(C(CC(O)C(N)Cc2ccccn2)C(N)=O)CC(C)O1. The number of nitrogens with zero attached hydrogens (tertiary/aromatic N) is 1. The second kappa shape index (κ2) is 8.55. The highest BCUT2D eigenvalue weighted by Crippen LogP contribution is 2.33. The number of ether oxygens (including phenoxy) is 1. The Kier molecular flexibility index (Phi) is 6.71. The zero-order valence-electron chi connectivity index (χ0n) is 14.5. The molecule has 0 saturated carbocycles. The van der Waals surface area contributed by atoms with Crippen molar-refractivity contribution in [3.05, 3.63) is 30.1 Å². The first-order valence-corrected chi connectivity index (χ1v) is 8.65. The maximum absolute atomic E-state index is 11.9. The van der Waals surface area contributed by atoms with Crippen molar-refractivity contribution in [1.29, 1.82) is 0 Å². The summed E-state index contributed by atoms with van der Waals surface area (Å²) in [5, 5.41) is 10.5. The summed E-state index contributed by atoms with van der Waals surface area (Å²) in [6.07, 6.45) is 3.41. The number of carbonyl (C=O) groups is 1. The van der Waals surface area contributed by atoms with Gasteiger partial charge in [-0.25, -0.2) is 0 Å². The van der Waals surface area contributed by atoms with Crippen LogP contribution in [0.2, 0.25) is 0 Å².